The molecule has 4 bridgehead atoms. The highest BCUT2D eigenvalue weighted by atomic mass is 19.3. The minimum atomic E-state index is -2.86. The predicted octanol–water partition coefficient (Wildman–Crippen LogP) is 5.14. The number of alkyl halides is 2. The van der Waals surface area contributed by atoms with Crippen molar-refractivity contribution in [2.75, 3.05) is 6.61 Å². The summed E-state index contributed by atoms with van der Waals surface area (Å²) in [5.41, 5.74) is -1.45. The summed E-state index contributed by atoms with van der Waals surface area (Å²) < 4.78 is 37.4. The molecule has 0 spiro atoms. The molecule has 4 aliphatic carbocycles. The van der Waals surface area contributed by atoms with E-state index in [2.05, 4.69) is 0 Å². The summed E-state index contributed by atoms with van der Waals surface area (Å²) in [7, 11) is 0. The fraction of sp³-hybridized carbons (Fsp3) is 0.909. The Balaban J connectivity index is 1.76. The summed E-state index contributed by atoms with van der Waals surface area (Å²) in [6.07, 6.45) is 5.31. The molecular formula is C22H34F2O4. The third-order valence-electron chi connectivity index (χ3n) is 7.46. The fourth-order valence-corrected chi connectivity index (χ4v) is 5.55. The smallest absolute Gasteiger partial charge is 0.312 e. The Morgan fingerprint density at radius 3 is 2.00 bits per heavy atom. The van der Waals surface area contributed by atoms with Gasteiger partial charge in [-0.15, -0.1) is 0 Å². The van der Waals surface area contributed by atoms with Gasteiger partial charge < -0.3 is 9.47 Å². The van der Waals surface area contributed by atoms with Crippen LogP contribution in [0.2, 0.25) is 0 Å². The zero-order valence-electron chi connectivity index (χ0n) is 17.6. The lowest BCUT2D eigenvalue weighted by Crippen LogP contribution is -2.61. The molecule has 0 aromatic rings. The van der Waals surface area contributed by atoms with Crippen LogP contribution in [-0.2, 0) is 19.1 Å². The maximum absolute atomic E-state index is 13.0. The van der Waals surface area contributed by atoms with Crippen molar-refractivity contribution < 1.29 is 27.8 Å². The summed E-state index contributed by atoms with van der Waals surface area (Å²) in [6.45, 7) is 6.17. The topological polar surface area (TPSA) is 52.6 Å². The summed E-state index contributed by atoms with van der Waals surface area (Å²) in [4.78, 5) is 25.5. The Kier molecular flexibility index (Phi) is 5.81. The van der Waals surface area contributed by atoms with Gasteiger partial charge in [-0.2, -0.15) is 0 Å². The number of carbonyl (C=O) groups is 2. The number of hydrogen-bond acceptors (Lipinski definition) is 4. The standard InChI is InChI=1S/C22H34F2O4/c1-5-20(2,3)19(26)28-22(13-18(25)27-7-6-21(4,23)24)16-9-14-8-15(11-16)12-17(22)10-14/h14-17H,5-13H2,1-4H3. The number of carbonyl (C=O) groups excluding carboxylic acids is 2. The van der Waals surface area contributed by atoms with Crippen LogP contribution in [0, 0.1) is 29.1 Å². The molecule has 4 saturated carbocycles. The molecule has 4 nitrogen and oxygen atoms in total. The largest absolute Gasteiger partial charge is 0.465 e. The molecule has 0 heterocycles. The van der Waals surface area contributed by atoms with Gasteiger partial charge in [0.15, 0.2) is 0 Å². The first-order chi connectivity index (χ1) is 12.9. The number of hydrogen-bond donors (Lipinski definition) is 0. The average Bonchev–Trinajstić information content (AvgIpc) is 2.57. The molecule has 6 heteroatoms. The Labute approximate surface area is 166 Å². The zero-order chi connectivity index (χ0) is 20.7. The molecule has 28 heavy (non-hydrogen) atoms. The van der Waals surface area contributed by atoms with Gasteiger partial charge in [0.2, 0.25) is 5.92 Å². The number of ether oxygens (including phenoxy) is 2. The van der Waals surface area contributed by atoms with E-state index >= 15 is 0 Å². The first-order valence-electron chi connectivity index (χ1n) is 10.7. The number of halogens is 2. The van der Waals surface area contributed by atoms with Crippen molar-refractivity contribution in [1.82, 2.24) is 0 Å². The van der Waals surface area contributed by atoms with Crippen LogP contribution in [-0.4, -0.2) is 30.1 Å². The molecule has 160 valence electrons. The van der Waals surface area contributed by atoms with Crippen LogP contribution in [0.4, 0.5) is 8.78 Å². The highest BCUT2D eigenvalue weighted by molar-refractivity contribution is 5.78. The second-order valence-corrected chi connectivity index (χ2v) is 10.1. The van der Waals surface area contributed by atoms with E-state index in [0.717, 1.165) is 32.6 Å². The molecule has 4 fully saturated rings. The lowest BCUT2D eigenvalue weighted by atomic mass is 9.49. The Morgan fingerprint density at radius 1 is 1.00 bits per heavy atom. The minimum absolute atomic E-state index is 0.0113. The van der Waals surface area contributed by atoms with Crippen LogP contribution >= 0.6 is 0 Å². The molecular weight excluding hydrogens is 366 g/mol. The normalized spacial score (nSPS) is 34.4. The van der Waals surface area contributed by atoms with Crippen LogP contribution < -0.4 is 0 Å². The molecule has 0 amide bonds. The fourth-order valence-electron chi connectivity index (χ4n) is 5.55. The van der Waals surface area contributed by atoms with Crippen molar-refractivity contribution >= 4 is 11.9 Å². The third-order valence-corrected chi connectivity index (χ3v) is 7.46. The lowest BCUT2D eigenvalue weighted by Gasteiger charge is -2.60. The summed E-state index contributed by atoms with van der Waals surface area (Å²) in [6, 6.07) is 0. The molecule has 0 N–H and O–H groups in total. The molecule has 0 radical (unpaired) electrons. The van der Waals surface area contributed by atoms with Crippen LogP contribution in [0.25, 0.3) is 0 Å². The lowest BCUT2D eigenvalue weighted by molar-refractivity contribution is -0.222. The highest BCUT2D eigenvalue weighted by Crippen LogP contribution is 2.61. The molecule has 4 rings (SSSR count). The maximum atomic E-state index is 13.0. The molecule has 0 unspecified atom stereocenters. The van der Waals surface area contributed by atoms with E-state index in [-0.39, 0.29) is 30.8 Å². The van der Waals surface area contributed by atoms with Crippen molar-refractivity contribution in [2.24, 2.45) is 29.1 Å². The predicted molar refractivity (Wildman–Crippen MR) is 101 cm³/mol. The first-order valence-corrected chi connectivity index (χ1v) is 10.7. The van der Waals surface area contributed by atoms with E-state index in [0.29, 0.717) is 18.3 Å². The van der Waals surface area contributed by atoms with Crippen molar-refractivity contribution in [3.8, 4) is 0 Å². The van der Waals surface area contributed by atoms with E-state index in [1.165, 1.54) is 6.42 Å². The van der Waals surface area contributed by atoms with Crippen LogP contribution in [0.5, 0.6) is 0 Å². The van der Waals surface area contributed by atoms with Crippen molar-refractivity contribution in [2.45, 2.75) is 90.6 Å². The second-order valence-electron chi connectivity index (χ2n) is 10.1. The maximum Gasteiger partial charge on any atom is 0.312 e. The van der Waals surface area contributed by atoms with Gasteiger partial charge in [-0.1, -0.05) is 6.92 Å². The van der Waals surface area contributed by atoms with E-state index in [1.807, 2.05) is 20.8 Å². The summed E-state index contributed by atoms with van der Waals surface area (Å²) >= 11 is 0. The number of rotatable bonds is 8. The average molecular weight is 401 g/mol. The van der Waals surface area contributed by atoms with Gasteiger partial charge in [-0.3, -0.25) is 9.59 Å². The van der Waals surface area contributed by atoms with Crippen LogP contribution in [0.3, 0.4) is 0 Å². The Hall–Kier alpha value is -1.20. The summed E-state index contributed by atoms with van der Waals surface area (Å²) in [5.74, 6) is -2.01. The van der Waals surface area contributed by atoms with Crippen molar-refractivity contribution in [3.63, 3.8) is 0 Å². The third kappa shape index (κ3) is 4.35. The SMILES string of the molecule is CCC(C)(C)C(=O)OC1(CC(=O)OCCC(C)(F)F)C2CC3CC(C2)CC1C3. The van der Waals surface area contributed by atoms with E-state index in [4.69, 9.17) is 9.47 Å². The van der Waals surface area contributed by atoms with Gasteiger partial charge >= 0.3 is 11.9 Å². The van der Waals surface area contributed by atoms with Crippen molar-refractivity contribution in [1.29, 1.82) is 0 Å². The van der Waals surface area contributed by atoms with Crippen LogP contribution in [0.1, 0.15) is 79.1 Å². The van der Waals surface area contributed by atoms with Gasteiger partial charge in [0, 0.05) is 18.3 Å². The van der Waals surface area contributed by atoms with E-state index in [9.17, 15) is 18.4 Å². The van der Waals surface area contributed by atoms with Gasteiger partial charge in [0.1, 0.15) is 5.60 Å². The molecule has 4 aliphatic rings. The quantitative estimate of drug-likeness (QED) is 0.530. The van der Waals surface area contributed by atoms with Gasteiger partial charge in [0.25, 0.3) is 0 Å². The molecule has 0 atom stereocenters. The Morgan fingerprint density at radius 2 is 1.54 bits per heavy atom. The molecule has 0 aromatic heterocycles. The molecule has 0 saturated heterocycles. The number of esters is 2. The van der Waals surface area contributed by atoms with Crippen LogP contribution in [0.15, 0.2) is 0 Å². The second kappa shape index (κ2) is 7.56. The van der Waals surface area contributed by atoms with E-state index in [1.54, 1.807) is 0 Å². The minimum Gasteiger partial charge on any atom is -0.465 e. The zero-order valence-corrected chi connectivity index (χ0v) is 17.6. The van der Waals surface area contributed by atoms with Crippen molar-refractivity contribution in [3.05, 3.63) is 0 Å². The van der Waals surface area contributed by atoms with Gasteiger partial charge in [0.05, 0.1) is 18.4 Å². The van der Waals surface area contributed by atoms with E-state index < -0.39 is 29.3 Å². The molecule has 0 aromatic carbocycles. The monoisotopic (exact) mass is 400 g/mol. The first kappa shape index (κ1) is 21.5. The molecule has 0 aliphatic heterocycles. The van der Waals surface area contributed by atoms with Gasteiger partial charge in [-0.05, 0) is 71.1 Å². The van der Waals surface area contributed by atoms with Gasteiger partial charge in [-0.25, -0.2) is 8.78 Å². The summed E-state index contributed by atoms with van der Waals surface area (Å²) in [5, 5.41) is 0. The highest BCUT2D eigenvalue weighted by Gasteiger charge is 2.61. The Bertz CT molecular complexity index is 580.